The minimum atomic E-state index is -0.472. The van der Waals surface area contributed by atoms with Crippen molar-refractivity contribution in [2.45, 2.75) is 30.7 Å². The lowest BCUT2D eigenvalue weighted by Crippen LogP contribution is -2.34. The fraction of sp³-hybridized carbons (Fsp3) is 0.0909. The van der Waals surface area contributed by atoms with Gasteiger partial charge in [0.15, 0.2) is 0 Å². The molecule has 0 N–H and O–H groups in total. The topological polar surface area (TPSA) is 21.3 Å². The van der Waals surface area contributed by atoms with Gasteiger partial charge in [-0.25, -0.2) is 0 Å². The molecule has 0 amide bonds. The molecule has 3 aliphatic rings. The predicted molar refractivity (Wildman–Crippen MR) is 240 cm³/mol. The molecule has 276 valence electrons. The van der Waals surface area contributed by atoms with Crippen LogP contribution >= 0.6 is 0 Å². The summed E-state index contributed by atoms with van der Waals surface area (Å²) in [7, 11) is 0. The van der Waals surface area contributed by atoms with Gasteiger partial charge in [-0.1, -0.05) is 140 Å². The van der Waals surface area contributed by atoms with Crippen LogP contribution < -0.4 is 4.90 Å². The minimum Gasteiger partial charge on any atom is -0.456 e. The molecule has 0 spiro atoms. The van der Waals surface area contributed by atoms with E-state index in [9.17, 15) is 0 Å². The fourth-order valence-corrected chi connectivity index (χ4v) is 10.4. The van der Waals surface area contributed by atoms with Crippen LogP contribution in [0.3, 0.4) is 0 Å². The van der Waals surface area contributed by atoms with Gasteiger partial charge in [-0.3, -0.25) is 0 Å². The molecule has 58 heavy (non-hydrogen) atoms. The largest absolute Gasteiger partial charge is 0.456 e. The van der Waals surface area contributed by atoms with E-state index in [-0.39, 0.29) is 6.04 Å². The van der Waals surface area contributed by atoms with Gasteiger partial charge in [-0.05, 0) is 113 Å². The third-order valence-corrected chi connectivity index (χ3v) is 12.8. The Labute approximate surface area is 338 Å². The van der Waals surface area contributed by atoms with Gasteiger partial charge in [0, 0.05) is 45.0 Å². The maximum atomic E-state index is 6.56. The molecule has 2 heterocycles. The number of benzene rings is 7. The lowest BCUT2D eigenvalue weighted by molar-refractivity contribution is 0.668. The molecule has 0 aliphatic heterocycles. The molecule has 1 unspecified atom stereocenters. The first-order chi connectivity index (χ1) is 28.8. The van der Waals surface area contributed by atoms with Gasteiger partial charge in [0.2, 0.25) is 0 Å². The van der Waals surface area contributed by atoms with Crippen molar-refractivity contribution < 1.29 is 4.42 Å². The average molecular weight is 745 g/mol. The molecule has 0 saturated carbocycles. The second-order valence-electron chi connectivity index (χ2n) is 15.9. The second-order valence-corrected chi connectivity index (χ2v) is 15.9. The first-order valence-corrected chi connectivity index (χ1v) is 20.5. The Morgan fingerprint density at radius 1 is 0.603 bits per heavy atom. The number of aryl methyl sites for hydroxylation is 1. The number of furan rings is 1. The average Bonchev–Trinajstić information content (AvgIpc) is 3.93. The van der Waals surface area contributed by atoms with Crippen LogP contribution in [0.15, 0.2) is 204 Å². The van der Waals surface area contributed by atoms with Crippen LogP contribution in [-0.4, -0.2) is 10.6 Å². The number of fused-ring (bicyclic) bond motifs is 9. The molecule has 0 bridgehead atoms. The maximum absolute atomic E-state index is 6.56. The van der Waals surface area contributed by atoms with Crippen molar-refractivity contribution in [2.75, 3.05) is 4.90 Å². The minimum absolute atomic E-state index is 0.0195. The van der Waals surface area contributed by atoms with E-state index in [0.29, 0.717) is 0 Å². The van der Waals surface area contributed by atoms with E-state index in [0.717, 1.165) is 46.9 Å². The standard InChI is InChI=1S/C55H40N2O/c1-4-16-37(17-5-1)55(38-18-6-2-7-19-38)49-25-13-10-22-43(49)44-31-28-41(35-50(44)55)56(42-29-32-47-46-24-12-15-27-53(46)58-54(47)36-42)40-30-33-52-48(34-40)45-23-11-14-26-51(45)57(52)39-20-8-3-9-21-39/h1-10,12-22,24-27,29-36,41H,11,23,28H2. The maximum Gasteiger partial charge on any atom is 0.137 e. The molecule has 0 radical (unpaired) electrons. The Hall–Kier alpha value is -7.10. The van der Waals surface area contributed by atoms with Gasteiger partial charge in [-0.2, -0.15) is 0 Å². The summed E-state index contributed by atoms with van der Waals surface area (Å²) in [5, 5.41) is 3.59. The zero-order chi connectivity index (χ0) is 38.2. The van der Waals surface area contributed by atoms with E-state index in [1.807, 2.05) is 6.07 Å². The highest BCUT2D eigenvalue weighted by Gasteiger charge is 2.49. The zero-order valence-corrected chi connectivity index (χ0v) is 32.1. The number of hydrogen-bond donors (Lipinski definition) is 0. The number of allylic oxidation sites excluding steroid dienone is 3. The Balaban J connectivity index is 1.10. The van der Waals surface area contributed by atoms with Crippen LogP contribution in [-0.2, 0) is 11.8 Å². The lowest BCUT2D eigenvalue weighted by atomic mass is 9.66. The first-order valence-electron chi connectivity index (χ1n) is 20.5. The summed E-state index contributed by atoms with van der Waals surface area (Å²) < 4.78 is 9.00. The fourth-order valence-electron chi connectivity index (χ4n) is 10.4. The van der Waals surface area contributed by atoms with Crippen LogP contribution in [0, 0.1) is 0 Å². The Bertz CT molecular complexity index is 3100. The zero-order valence-electron chi connectivity index (χ0n) is 32.1. The van der Waals surface area contributed by atoms with Crippen LogP contribution in [0.1, 0.15) is 46.4 Å². The van der Waals surface area contributed by atoms with E-state index < -0.39 is 5.41 Å². The van der Waals surface area contributed by atoms with Crippen molar-refractivity contribution in [1.29, 1.82) is 0 Å². The van der Waals surface area contributed by atoms with Crippen LogP contribution in [0.25, 0.3) is 50.2 Å². The molecule has 3 heteroatoms. The van der Waals surface area contributed by atoms with Gasteiger partial charge in [0.25, 0.3) is 0 Å². The van der Waals surface area contributed by atoms with E-state index >= 15 is 0 Å². The highest BCUT2D eigenvalue weighted by Crippen LogP contribution is 2.59. The van der Waals surface area contributed by atoms with Gasteiger partial charge >= 0.3 is 0 Å². The third kappa shape index (κ3) is 4.80. The summed E-state index contributed by atoms with van der Waals surface area (Å²) in [5.74, 6) is 0. The van der Waals surface area contributed by atoms with E-state index in [4.69, 9.17) is 4.42 Å². The SMILES string of the molecule is C1=Cc2c(c3cc(N(c4ccc5c(c4)oc4ccccc45)C4C=C5C(=CC4)c4ccccc4C5(c4ccccc4)c4ccccc4)ccc3n2-c2ccccc2)CC1. The van der Waals surface area contributed by atoms with Gasteiger partial charge in [0.05, 0.1) is 17.0 Å². The summed E-state index contributed by atoms with van der Waals surface area (Å²) >= 11 is 0. The van der Waals surface area contributed by atoms with Crippen molar-refractivity contribution >= 4 is 55.9 Å². The van der Waals surface area contributed by atoms with E-state index in [1.54, 1.807) is 0 Å². The molecule has 0 fully saturated rings. The van der Waals surface area contributed by atoms with Crippen molar-refractivity contribution in [1.82, 2.24) is 4.57 Å². The quantitative estimate of drug-likeness (QED) is 0.169. The number of hydrogen-bond acceptors (Lipinski definition) is 2. The number of rotatable bonds is 6. The van der Waals surface area contributed by atoms with Gasteiger partial charge in [-0.15, -0.1) is 0 Å². The second kappa shape index (κ2) is 13.0. The van der Waals surface area contributed by atoms with Crippen LogP contribution in [0.2, 0.25) is 0 Å². The molecule has 1 atom stereocenters. The van der Waals surface area contributed by atoms with Crippen LogP contribution in [0.5, 0.6) is 0 Å². The van der Waals surface area contributed by atoms with Crippen molar-refractivity contribution in [3.05, 3.63) is 233 Å². The Morgan fingerprint density at radius 3 is 2.09 bits per heavy atom. The third-order valence-electron chi connectivity index (χ3n) is 12.8. The highest BCUT2D eigenvalue weighted by atomic mass is 16.3. The molecule has 3 nitrogen and oxygen atoms in total. The number of anilines is 2. The Kier molecular flexibility index (Phi) is 7.40. The molecule has 12 rings (SSSR count). The number of aromatic nitrogens is 1. The molecule has 0 saturated heterocycles. The molecule has 3 aliphatic carbocycles. The lowest BCUT2D eigenvalue weighted by Gasteiger charge is -2.38. The van der Waals surface area contributed by atoms with E-state index in [2.05, 4.69) is 204 Å². The molecular weight excluding hydrogens is 705 g/mol. The Morgan fingerprint density at radius 2 is 1.28 bits per heavy atom. The van der Waals surface area contributed by atoms with Crippen molar-refractivity contribution in [3.63, 3.8) is 0 Å². The molecule has 9 aromatic rings. The monoisotopic (exact) mass is 744 g/mol. The predicted octanol–water partition coefficient (Wildman–Crippen LogP) is 13.8. The summed E-state index contributed by atoms with van der Waals surface area (Å²) in [6.45, 7) is 0. The van der Waals surface area contributed by atoms with Crippen molar-refractivity contribution in [3.8, 4) is 5.69 Å². The van der Waals surface area contributed by atoms with Crippen molar-refractivity contribution in [2.24, 2.45) is 0 Å². The van der Waals surface area contributed by atoms with Crippen LogP contribution in [0.4, 0.5) is 11.4 Å². The summed E-state index contributed by atoms with van der Waals surface area (Å²) in [4.78, 5) is 2.57. The highest BCUT2D eigenvalue weighted by molar-refractivity contribution is 6.06. The molecule has 2 aromatic heterocycles. The molecule has 7 aromatic carbocycles. The summed E-state index contributed by atoms with van der Waals surface area (Å²) in [6, 6.07) is 64.4. The number of nitrogens with zero attached hydrogens (tertiary/aromatic N) is 2. The number of para-hydroxylation sites is 2. The molecular formula is C55H40N2O. The van der Waals surface area contributed by atoms with Gasteiger partial charge in [0.1, 0.15) is 11.2 Å². The smallest absolute Gasteiger partial charge is 0.137 e. The first kappa shape index (κ1) is 33.1. The summed E-state index contributed by atoms with van der Waals surface area (Å²) in [6.07, 6.45) is 12.7. The van der Waals surface area contributed by atoms with Gasteiger partial charge < -0.3 is 13.9 Å². The summed E-state index contributed by atoms with van der Waals surface area (Å²) in [5.41, 5.74) is 16.6. The normalized spacial score (nSPS) is 16.5. The van der Waals surface area contributed by atoms with E-state index in [1.165, 1.54) is 66.9 Å².